The molecule has 0 atom stereocenters. The topological polar surface area (TPSA) is 110 Å². The molecule has 0 saturated carbocycles. The molecule has 0 spiro atoms. The van der Waals surface area contributed by atoms with Gasteiger partial charge < -0.3 is 9.73 Å². The molecule has 0 saturated heterocycles. The van der Waals surface area contributed by atoms with Crippen LogP contribution >= 0.6 is 0 Å². The maximum Gasteiger partial charge on any atom is 0.433 e. The summed E-state index contributed by atoms with van der Waals surface area (Å²) in [5, 5.41) is 17.1. The minimum absolute atomic E-state index is 0.0560. The zero-order valence-corrected chi connectivity index (χ0v) is 11.8. The largest absolute Gasteiger partial charge is 0.433 e. The van der Waals surface area contributed by atoms with Crippen LogP contribution < -0.4 is 10.7 Å². The van der Waals surface area contributed by atoms with Crippen LogP contribution in [0.2, 0.25) is 0 Å². The van der Waals surface area contributed by atoms with Crippen molar-refractivity contribution in [1.82, 2.24) is 5.43 Å². The Bertz CT molecular complexity index is 708. The van der Waals surface area contributed by atoms with E-state index >= 15 is 0 Å². The standard InChI is InChI=1S/C14H14N4O4/c1-10-4-2-3-5-12(10)15-9-13(19)17-16-8-11-6-7-14(22-11)18(20)21/h2-8,15H,9H2,1H3,(H,17,19)/b16-8+. The first-order valence-corrected chi connectivity index (χ1v) is 6.42. The molecule has 1 aromatic heterocycles. The van der Waals surface area contributed by atoms with Gasteiger partial charge in [0.15, 0.2) is 5.76 Å². The SMILES string of the molecule is Cc1ccccc1NCC(=O)N/N=C/c1ccc([N+](=O)[O-])o1. The van der Waals surface area contributed by atoms with E-state index in [0.717, 1.165) is 11.3 Å². The monoisotopic (exact) mass is 302 g/mol. The average Bonchev–Trinajstić information content (AvgIpc) is 2.95. The lowest BCUT2D eigenvalue weighted by molar-refractivity contribution is -0.402. The van der Waals surface area contributed by atoms with Gasteiger partial charge >= 0.3 is 5.88 Å². The molecule has 0 aliphatic carbocycles. The molecule has 0 fully saturated rings. The number of hydrogen-bond donors (Lipinski definition) is 2. The Morgan fingerprint density at radius 2 is 2.14 bits per heavy atom. The molecule has 8 heteroatoms. The second kappa shape index (κ2) is 7.02. The number of furan rings is 1. The van der Waals surface area contributed by atoms with Gasteiger partial charge in [-0.3, -0.25) is 14.9 Å². The molecule has 1 heterocycles. The second-order valence-electron chi connectivity index (χ2n) is 4.39. The van der Waals surface area contributed by atoms with Crippen molar-refractivity contribution < 1.29 is 14.1 Å². The highest BCUT2D eigenvalue weighted by Crippen LogP contribution is 2.14. The lowest BCUT2D eigenvalue weighted by Crippen LogP contribution is -2.26. The van der Waals surface area contributed by atoms with E-state index in [2.05, 4.69) is 15.8 Å². The molecular formula is C14H14N4O4. The second-order valence-corrected chi connectivity index (χ2v) is 4.39. The van der Waals surface area contributed by atoms with Crippen LogP contribution in [0.4, 0.5) is 11.6 Å². The van der Waals surface area contributed by atoms with Crippen molar-refractivity contribution in [1.29, 1.82) is 0 Å². The molecule has 0 unspecified atom stereocenters. The fourth-order valence-electron chi connectivity index (χ4n) is 1.66. The molecular weight excluding hydrogens is 288 g/mol. The molecule has 1 aromatic carbocycles. The van der Waals surface area contributed by atoms with E-state index in [1.54, 1.807) is 0 Å². The van der Waals surface area contributed by atoms with Crippen LogP contribution in [0.15, 0.2) is 45.9 Å². The van der Waals surface area contributed by atoms with Gasteiger partial charge in [-0.15, -0.1) is 0 Å². The quantitative estimate of drug-likeness (QED) is 0.482. The van der Waals surface area contributed by atoms with E-state index in [9.17, 15) is 14.9 Å². The molecule has 2 N–H and O–H groups in total. The number of para-hydroxylation sites is 1. The summed E-state index contributed by atoms with van der Waals surface area (Å²) in [6.45, 7) is 1.99. The smallest absolute Gasteiger partial charge is 0.400 e. The van der Waals surface area contributed by atoms with E-state index in [4.69, 9.17) is 4.42 Å². The number of nitro groups is 1. The van der Waals surface area contributed by atoms with Crippen LogP contribution in [0.25, 0.3) is 0 Å². The van der Waals surface area contributed by atoms with Gasteiger partial charge in [0.1, 0.15) is 4.92 Å². The fourth-order valence-corrected chi connectivity index (χ4v) is 1.66. The summed E-state index contributed by atoms with van der Waals surface area (Å²) in [6.07, 6.45) is 1.19. The van der Waals surface area contributed by atoms with Crippen molar-refractivity contribution in [3.8, 4) is 0 Å². The van der Waals surface area contributed by atoms with Crippen LogP contribution in [0.5, 0.6) is 0 Å². The van der Waals surface area contributed by atoms with Crippen molar-refractivity contribution in [3.63, 3.8) is 0 Å². The molecule has 114 valence electrons. The highest BCUT2D eigenvalue weighted by molar-refractivity contribution is 5.83. The van der Waals surface area contributed by atoms with E-state index in [0.29, 0.717) is 0 Å². The number of carbonyl (C=O) groups is 1. The summed E-state index contributed by atoms with van der Waals surface area (Å²) in [7, 11) is 0. The van der Waals surface area contributed by atoms with Crippen molar-refractivity contribution >= 4 is 23.7 Å². The molecule has 0 aliphatic heterocycles. The number of hydrazone groups is 1. The maximum atomic E-state index is 11.6. The third kappa shape index (κ3) is 4.17. The van der Waals surface area contributed by atoms with E-state index in [1.807, 2.05) is 31.2 Å². The van der Waals surface area contributed by atoms with Crippen LogP contribution in [0.1, 0.15) is 11.3 Å². The number of rotatable bonds is 6. The van der Waals surface area contributed by atoms with Crippen molar-refractivity contribution in [2.75, 3.05) is 11.9 Å². The fraction of sp³-hybridized carbons (Fsp3) is 0.143. The molecule has 0 aliphatic rings. The van der Waals surface area contributed by atoms with Gasteiger partial charge in [-0.1, -0.05) is 18.2 Å². The molecule has 2 aromatic rings. The van der Waals surface area contributed by atoms with Gasteiger partial charge in [-0.25, -0.2) is 5.43 Å². The number of benzene rings is 1. The summed E-state index contributed by atoms with van der Waals surface area (Å²) in [4.78, 5) is 21.4. The number of carbonyl (C=O) groups excluding carboxylic acids is 1. The number of aryl methyl sites for hydroxylation is 1. The predicted octanol–water partition coefficient (Wildman–Crippen LogP) is 2.06. The summed E-state index contributed by atoms with van der Waals surface area (Å²) >= 11 is 0. The third-order valence-corrected chi connectivity index (χ3v) is 2.76. The van der Waals surface area contributed by atoms with E-state index in [1.165, 1.54) is 18.3 Å². The van der Waals surface area contributed by atoms with Crippen LogP contribution in [0.3, 0.4) is 0 Å². The Morgan fingerprint density at radius 3 is 2.82 bits per heavy atom. The third-order valence-electron chi connectivity index (χ3n) is 2.76. The normalized spacial score (nSPS) is 10.6. The van der Waals surface area contributed by atoms with Crippen LogP contribution in [0, 0.1) is 17.0 Å². The van der Waals surface area contributed by atoms with Gasteiger partial charge in [0, 0.05) is 5.69 Å². The first kappa shape index (κ1) is 15.2. The first-order chi connectivity index (χ1) is 10.6. The number of nitrogens with zero attached hydrogens (tertiary/aromatic N) is 2. The minimum Gasteiger partial charge on any atom is -0.400 e. The maximum absolute atomic E-state index is 11.6. The summed E-state index contributed by atoms with van der Waals surface area (Å²) < 4.78 is 4.86. The highest BCUT2D eigenvalue weighted by Gasteiger charge is 2.10. The van der Waals surface area contributed by atoms with Crippen molar-refractivity contribution in [2.45, 2.75) is 6.92 Å². The summed E-state index contributed by atoms with van der Waals surface area (Å²) in [5.74, 6) is -0.548. The Morgan fingerprint density at radius 1 is 1.36 bits per heavy atom. The Labute approximate surface area is 126 Å². The van der Waals surface area contributed by atoms with Crippen LogP contribution in [-0.2, 0) is 4.79 Å². The molecule has 0 bridgehead atoms. The average molecular weight is 302 g/mol. The number of nitrogens with one attached hydrogen (secondary N) is 2. The van der Waals surface area contributed by atoms with Crippen molar-refractivity contribution in [2.24, 2.45) is 5.10 Å². The Balaban J connectivity index is 1.81. The number of anilines is 1. The lowest BCUT2D eigenvalue weighted by Gasteiger charge is -2.07. The molecule has 2 rings (SSSR count). The van der Waals surface area contributed by atoms with Gasteiger partial charge in [0.25, 0.3) is 5.91 Å². The van der Waals surface area contributed by atoms with Crippen LogP contribution in [-0.4, -0.2) is 23.6 Å². The highest BCUT2D eigenvalue weighted by atomic mass is 16.6. The van der Waals surface area contributed by atoms with Gasteiger partial charge in [0.05, 0.1) is 18.8 Å². The van der Waals surface area contributed by atoms with Gasteiger partial charge in [0.2, 0.25) is 0 Å². The number of amides is 1. The lowest BCUT2D eigenvalue weighted by atomic mass is 10.2. The minimum atomic E-state index is -0.651. The zero-order valence-electron chi connectivity index (χ0n) is 11.8. The van der Waals surface area contributed by atoms with E-state index < -0.39 is 4.92 Å². The predicted molar refractivity (Wildman–Crippen MR) is 80.8 cm³/mol. The Kier molecular flexibility index (Phi) is 4.86. The number of hydrogen-bond acceptors (Lipinski definition) is 6. The zero-order chi connectivity index (χ0) is 15.9. The Hall–Kier alpha value is -3.16. The van der Waals surface area contributed by atoms with Crippen molar-refractivity contribution in [3.05, 3.63) is 57.8 Å². The molecule has 0 radical (unpaired) electrons. The summed E-state index contributed by atoms with van der Waals surface area (Å²) in [6, 6.07) is 10.2. The van der Waals surface area contributed by atoms with E-state index in [-0.39, 0.29) is 24.1 Å². The first-order valence-electron chi connectivity index (χ1n) is 6.42. The van der Waals surface area contributed by atoms with Gasteiger partial charge in [-0.05, 0) is 24.6 Å². The van der Waals surface area contributed by atoms with Gasteiger partial charge in [-0.2, -0.15) is 5.10 Å². The summed E-state index contributed by atoms with van der Waals surface area (Å²) in [5.41, 5.74) is 4.19. The molecule has 22 heavy (non-hydrogen) atoms. The molecule has 1 amide bonds. The molecule has 8 nitrogen and oxygen atoms in total.